The summed E-state index contributed by atoms with van der Waals surface area (Å²) in [6, 6.07) is 0. The van der Waals surface area contributed by atoms with Crippen molar-refractivity contribution in [2.75, 3.05) is 0 Å². The quantitative estimate of drug-likeness (QED) is 0.788. The second kappa shape index (κ2) is 5.35. The highest BCUT2D eigenvalue weighted by Crippen LogP contribution is 2.17. The molecule has 3 nitrogen and oxygen atoms in total. The van der Waals surface area contributed by atoms with Crippen LogP contribution in [0.2, 0.25) is 0 Å². The van der Waals surface area contributed by atoms with Gasteiger partial charge in [-0.15, -0.1) is 0 Å². The lowest BCUT2D eigenvalue weighted by molar-refractivity contribution is 1.01. The average Bonchev–Trinajstić information content (AvgIpc) is 2.70. The molecule has 0 aliphatic carbocycles. The van der Waals surface area contributed by atoms with E-state index in [-0.39, 0.29) is 0 Å². The molecule has 0 aliphatic heterocycles. The van der Waals surface area contributed by atoms with Crippen molar-refractivity contribution in [1.82, 2.24) is 9.55 Å². The molecule has 86 valence electrons. The smallest absolute Gasteiger partial charge is 0.0995 e. The van der Waals surface area contributed by atoms with Crippen LogP contribution in [0, 0.1) is 6.92 Å². The molecule has 0 atom stereocenters. The fraction of sp³-hybridized carbons (Fsp3) is 0.308. The molecule has 1 rings (SSSR count). The number of nitrogens with zero attached hydrogens (tertiary/aromatic N) is 2. The first-order chi connectivity index (χ1) is 7.60. The third-order valence-electron chi connectivity index (χ3n) is 2.53. The van der Waals surface area contributed by atoms with Crippen LogP contribution in [-0.2, 0) is 0 Å². The van der Waals surface area contributed by atoms with Gasteiger partial charge in [0.2, 0.25) is 0 Å². The van der Waals surface area contributed by atoms with Crippen LogP contribution in [0.5, 0.6) is 0 Å². The average molecular weight is 217 g/mol. The monoisotopic (exact) mass is 217 g/mol. The van der Waals surface area contributed by atoms with Gasteiger partial charge in [0.05, 0.1) is 23.4 Å². The summed E-state index contributed by atoms with van der Waals surface area (Å²) in [5, 5.41) is 0. The Labute approximate surface area is 97.0 Å². The minimum atomic E-state index is 0.791. The van der Waals surface area contributed by atoms with E-state index in [1.54, 1.807) is 12.4 Å². The molecule has 0 radical (unpaired) electrons. The van der Waals surface area contributed by atoms with E-state index in [0.29, 0.717) is 0 Å². The summed E-state index contributed by atoms with van der Waals surface area (Å²) < 4.78 is 1.92. The lowest BCUT2D eigenvalue weighted by atomic mass is 10.1. The van der Waals surface area contributed by atoms with Gasteiger partial charge in [-0.1, -0.05) is 19.6 Å². The molecule has 2 N–H and O–H groups in total. The molecular weight excluding hydrogens is 198 g/mol. The molecule has 0 saturated heterocycles. The van der Waals surface area contributed by atoms with Crippen molar-refractivity contribution in [2.24, 2.45) is 5.73 Å². The number of aromatic nitrogens is 2. The Morgan fingerprint density at radius 1 is 1.62 bits per heavy atom. The topological polar surface area (TPSA) is 43.8 Å². The second-order valence-electron chi connectivity index (χ2n) is 3.76. The van der Waals surface area contributed by atoms with Crippen molar-refractivity contribution < 1.29 is 0 Å². The molecule has 0 spiro atoms. The molecule has 0 aliphatic rings. The Morgan fingerprint density at radius 2 is 2.31 bits per heavy atom. The number of allylic oxidation sites excluding steroid dienone is 4. The zero-order valence-corrected chi connectivity index (χ0v) is 10.2. The van der Waals surface area contributed by atoms with E-state index in [9.17, 15) is 0 Å². The normalized spacial score (nSPS) is 13.6. The first-order valence-corrected chi connectivity index (χ1v) is 5.39. The molecule has 1 aromatic rings. The molecule has 0 bridgehead atoms. The number of aryl methyl sites for hydroxylation is 1. The molecular formula is C13H19N3. The number of imidazole rings is 1. The van der Waals surface area contributed by atoms with Gasteiger partial charge in [0.15, 0.2) is 0 Å². The van der Waals surface area contributed by atoms with Gasteiger partial charge < -0.3 is 10.3 Å². The predicted octanol–water partition coefficient (Wildman–Crippen LogP) is 2.86. The summed E-state index contributed by atoms with van der Waals surface area (Å²) in [4.78, 5) is 4.20. The third kappa shape index (κ3) is 2.63. The fourth-order valence-corrected chi connectivity index (χ4v) is 1.39. The summed E-state index contributed by atoms with van der Waals surface area (Å²) in [6.07, 6.45) is 8.29. The van der Waals surface area contributed by atoms with Gasteiger partial charge in [-0.25, -0.2) is 4.98 Å². The minimum absolute atomic E-state index is 0.791. The first-order valence-electron chi connectivity index (χ1n) is 5.39. The summed E-state index contributed by atoms with van der Waals surface area (Å²) in [6.45, 7) is 9.79. The Morgan fingerprint density at radius 3 is 2.75 bits per heavy atom. The minimum Gasteiger partial charge on any atom is -0.397 e. The summed E-state index contributed by atoms with van der Waals surface area (Å²) in [5.41, 5.74) is 9.97. The standard InChI is InChI=1S/C13H19N3/c1-5-7-12(13(14)10(3)6-2)16-8-11(4)15-9-16/h5,7-9H,1,6,14H2,2-4H3/b12-7+,13-10-. The van der Waals surface area contributed by atoms with Crippen LogP contribution in [0.4, 0.5) is 0 Å². The molecule has 0 unspecified atom stereocenters. The van der Waals surface area contributed by atoms with Gasteiger partial charge in [0, 0.05) is 6.20 Å². The molecule has 0 fully saturated rings. The Balaban J connectivity index is 3.21. The van der Waals surface area contributed by atoms with E-state index < -0.39 is 0 Å². The lowest BCUT2D eigenvalue weighted by Crippen LogP contribution is -2.08. The van der Waals surface area contributed by atoms with Crippen LogP contribution < -0.4 is 5.73 Å². The van der Waals surface area contributed by atoms with Crippen molar-refractivity contribution in [1.29, 1.82) is 0 Å². The van der Waals surface area contributed by atoms with Gasteiger partial charge >= 0.3 is 0 Å². The van der Waals surface area contributed by atoms with Crippen LogP contribution in [0.15, 0.2) is 42.5 Å². The highest BCUT2D eigenvalue weighted by molar-refractivity contribution is 5.65. The second-order valence-corrected chi connectivity index (χ2v) is 3.76. The zero-order chi connectivity index (χ0) is 12.1. The van der Waals surface area contributed by atoms with Gasteiger partial charge in [-0.05, 0) is 31.9 Å². The SMILES string of the molecule is C=C/C=C(\C(N)=C(/C)CC)n1cnc(C)c1. The van der Waals surface area contributed by atoms with Crippen molar-refractivity contribution in [3.05, 3.63) is 48.2 Å². The van der Waals surface area contributed by atoms with Gasteiger partial charge in [-0.2, -0.15) is 0 Å². The molecule has 0 aromatic carbocycles. The number of hydrogen-bond acceptors (Lipinski definition) is 2. The Hall–Kier alpha value is -1.77. The maximum atomic E-state index is 6.11. The van der Waals surface area contributed by atoms with Crippen LogP contribution >= 0.6 is 0 Å². The van der Waals surface area contributed by atoms with Crippen LogP contribution in [0.3, 0.4) is 0 Å². The highest BCUT2D eigenvalue weighted by atomic mass is 15.1. The first kappa shape index (κ1) is 12.3. The largest absolute Gasteiger partial charge is 0.397 e. The van der Waals surface area contributed by atoms with Crippen molar-refractivity contribution in [2.45, 2.75) is 27.2 Å². The van der Waals surface area contributed by atoms with Crippen molar-refractivity contribution >= 4 is 5.70 Å². The van der Waals surface area contributed by atoms with Crippen LogP contribution in [0.25, 0.3) is 5.70 Å². The predicted molar refractivity (Wildman–Crippen MR) is 68.6 cm³/mol. The van der Waals surface area contributed by atoms with E-state index in [1.807, 2.05) is 30.7 Å². The highest BCUT2D eigenvalue weighted by Gasteiger charge is 2.06. The molecule has 3 heteroatoms. The van der Waals surface area contributed by atoms with Gasteiger partial charge in [-0.3, -0.25) is 0 Å². The summed E-state index contributed by atoms with van der Waals surface area (Å²) >= 11 is 0. The Bertz CT molecular complexity index is 436. The van der Waals surface area contributed by atoms with E-state index in [2.05, 4.69) is 18.5 Å². The molecule has 1 aromatic heterocycles. The Kier molecular flexibility index (Phi) is 4.11. The van der Waals surface area contributed by atoms with Gasteiger partial charge in [0.1, 0.15) is 0 Å². The van der Waals surface area contributed by atoms with Crippen molar-refractivity contribution in [3.63, 3.8) is 0 Å². The van der Waals surface area contributed by atoms with E-state index in [4.69, 9.17) is 5.73 Å². The number of hydrogen-bond donors (Lipinski definition) is 1. The van der Waals surface area contributed by atoms with E-state index in [0.717, 1.165) is 23.5 Å². The molecule has 0 amide bonds. The van der Waals surface area contributed by atoms with Crippen molar-refractivity contribution in [3.8, 4) is 0 Å². The van der Waals surface area contributed by atoms with E-state index in [1.165, 1.54) is 5.57 Å². The van der Waals surface area contributed by atoms with Crippen LogP contribution in [-0.4, -0.2) is 9.55 Å². The fourth-order valence-electron chi connectivity index (χ4n) is 1.39. The molecule has 0 saturated carbocycles. The third-order valence-corrected chi connectivity index (χ3v) is 2.53. The molecule has 1 heterocycles. The summed E-state index contributed by atoms with van der Waals surface area (Å²) in [5.74, 6) is 0. The van der Waals surface area contributed by atoms with Crippen LogP contribution in [0.1, 0.15) is 26.0 Å². The van der Waals surface area contributed by atoms with E-state index >= 15 is 0 Å². The summed E-state index contributed by atoms with van der Waals surface area (Å²) in [7, 11) is 0. The number of nitrogens with two attached hydrogens (primary N) is 1. The maximum Gasteiger partial charge on any atom is 0.0995 e. The maximum absolute atomic E-state index is 6.11. The van der Waals surface area contributed by atoms with Gasteiger partial charge in [0.25, 0.3) is 0 Å². The molecule has 16 heavy (non-hydrogen) atoms. The number of rotatable bonds is 4. The lowest BCUT2D eigenvalue weighted by Gasteiger charge is -2.11. The zero-order valence-electron chi connectivity index (χ0n) is 10.2.